The fourth-order valence-corrected chi connectivity index (χ4v) is 0.584. The maximum Gasteiger partial charge on any atom is 0.402 e. The molecule has 1 N–H and O–H groups in total. The highest BCUT2D eigenvalue weighted by Crippen LogP contribution is 1.94. The molecule has 0 aromatic heterocycles. The van der Waals surface area contributed by atoms with E-state index in [1.807, 2.05) is 0 Å². The molecule has 0 saturated carbocycles. The zero-order chi connectivity index (χ0) is 7.40. The lowest BCUT2D eigenvalue weighted by Gasteiger charge is -1.94. The molecule has 0 aliphatic carbocycles. The first kappa shape index (κ1) is 6.61. The van der Waals surface area contributed by atoms with Crippen molar-refractivity contribution in [3.05, 3.63) is 36.2 Å². The number of rotatable bonds is 1. The minimum Gasteiger partial charge on any atom is -0.356 e. The summed E-state index contributed by atoms with van der Waals surface area (Å²) in [4.78, 5) is 10.2. The number of hydrogen-bond acceptors (Lipinski definition) is 2. The predicted molar refractivity (Wildman–Crippen MR) is 35.2 cm³/mol. The van der Waals surface area contributed by atoms with Crippen LogP contribution in [0.15, 0.2) is 36.2 Å². The van der Waals surface area contributed by atoms with E-state index in [0.29, 0.717) is 0 Å². The van der Waals surface area contributed by atoms with E-state index >= 15 is 0 Å². The normalized spacial score (nSPS) is 15.4. The van der Waals surface area contributed by atoms with Gasteiger partial charge in [-0.2, -0.15) is 0 Å². The van der Waals surface area contributed by atoms with Crippen molar-refractivity contribution in [1.82, 2.24) is 5.32 Å². The standard InChI is InChI=1S/C7H6NO2/c9-7(10)6-4-2-1-3-5-8-6/h1-5,8H. The topological polar surface area (TPSA) is 49.0 Å². The van der Waals surface area contributed by atoms with E-state index in [2.05, 4.69) is 5.32 Å². The SMILES string of the molecule is [O]C(=O)C1=CC=CC=CN1. The zero-order valence-electron chi connectivity index (χ0n) is 5.20. The monoisotopic (exact) mass is 136 g/mol. The Morgan fingerprint density at radius 1 is 1.30 bits per heavy atom. The van der Waals surface area contributed by atoms with Crippen LogP contribution in [0, 0.1) is 0 Å². The Kier molecular flexibility index (Phi) is 1.89. The average Bonchev–Trinajstić information content (AvgIpc) is 2.12. The molecule has 0 fully saturated rings. The number of allylic oxidation sites excluding steroid dienone is 4. The Morgan fingerprint density at radius 3 is 2.80 bits per heavy atom. The third-order valence-electron chi connectivity index (χ3n) is 1.04. The zero-order valence-corrected chi connectivity index (χ0v) is 5.20. The van der Waals surface area contributed by atoms with Crippen LogP contribution in [0.1, 0.15) is 0 Å². The van der Waals surface area contributed by atoms with Gasteiger partial charge in [-0.15, -0.1) is 0 Å². The van der Waals surface area contributed by atoms with Gasteiger partial charge in [-0.25, -0.2) is 9.90 Å². The summed E-state index contributed by atoms with van der Waals surface area (Å²) in [5.41, 5.74) is 0.0741. The van der Waals surface area contributed by atoms with Crippen molar-refractivity contribution >= 4 is 5.97 Å². The predicted octanol–water partition coefficient (Wildman–Crippen LogP) is 0.500. The van der Waals surface area contributed by atoms with Crippen LogP contribution in [0.4, 0.5) is 0 Å². The van der Waals surface area contributed by atoms with Gasteiger partial charge >= 0.3 is 5.97 Å². The van der Waals surface area contributed by atoms with Crippen LogP contribution in [-0.4, -0.2) is 5.97 Å². The van der Waals surface area contributed by atoms with E-state index in [9.17, 15) is 9.90 Å². The van der Waals surface area contributed by atoms with Gasteiger partial charge in [0.05, 0.1) is 0 Å². The van der Waals surface area contributed by atoms with Gasteiger partial charge in [-0.05, 0) is 12.2 Å². The molecule has 0 atom stereocenters. The van der Waals surface area contributed by atoms with Gasteiger partial charge in [0.15, 0.2) is 0 Å². The van der Waals surface area contributed by atoms with Crippen molar-refractivity contribution in [3.63, 3.8) is 0 Å². The molecular weight excluding hydrogens is 130 g/mol. The molecule has 3 heteroatoms. The molecule has 10 heavy (non-hydrogen) atoms. The average molecular weight is 136 g/mol. The van der Waals surface area contributed by atoms with Crippen LogP contribution in [0.2, 0.25) is 0 Å². The summed E-state index contributed by atoms with van der Waals surface area (Å²) in [5, 5.41) is 12.7. The highest BCUT2D eigenvalue weighted by molar-refractivity contribution is 5.86. The van der Waals surface area contributed by atoms with Gasteiger partial charge in [-0.1, -0.05) is 12.2 Å². The molecule has 1 aliphatic heterocycles. The molecule has 0 spiro atoms. The van der Waals surface area contributed by atoms with Crippen LogP contribution in [0.25, 0.3) is 0 Å². The largest absolute Gasteiger partial charge is 0.402 e. The lowest BCUT2D eigenvalue weighted by Crippen LogP contribution is -2.12. The van der Waals surface area contributed by atoms with E-state index in [0.717, 1.165) is 0 Å². The smallest absolute Gasteiger partial charge is 0.356 e. The lowest BCUT2D eigenvalue weighted by molar-refractivity contribution is -0.138. The molecule has 0 saturated heterocycles. The summed E-state index contributed by atoms with van der Waals surface area (Å²) < 4.78 is 0. The van der Waals surface area contributed by atoms with Gasteiger partial charge in [0.25, 0.3) is 0 Å². The molecule has 3 nitrogen and oxygen atoms in total. The number of nitrogens with one attached hydrogen (secondary N) is 1. The van der Waals surface area contributed by atoms with Crippen LogP contribution in [-0.2, 0) is 9.90 Å². The molecule has 51 valence electrons. The Labute approximate surface area is 58.4 Å². The van der Waals surface area contributed by atoms with Gasteiger partial charge in [0.2, 0.25) is 0 Å². The molecule has 0 unspecified atom stereocenters. The quantitative estimate of drug-likeness (QED) is 0.570. The lowest BCUT2D eigenvalue weighted by atomic mass is 10.4. The second-order valence-corrected chi connectivity index (χ2v) is 1.76. The van der Waals surface area contributed by atoms with Gasteiger partial charge < -0.3 is 5.32 Å². The first-order valence-corrected chi connectivity index (χ1v) is 2.82. The van der Waals surface area contributed by atoms with Crippen molar-refractivity contribution in [2.24, 2.45) is 0 Å². The van der Waals surface area contributed by atoms with Crippen LogP contribution < -0.4 is 5.32 Å². The Balaban J connectivity index is 2.78. The molecular formula is C7H6NO2. The number of carbonyl (C=O) groups excluding carboxylic acids is 1. The fourth-order valence-electron chi connectivity index (χ4n) is 0.584. The van der Waals surface area contributed by atoms with Crippen molar-refractivity contribution in [2.45, 2.75) is 0 Å². The molecule has 1 radical (unpaired) electrons. The Bertz CT molecular complexity index is 226. The molecule has 1 rings (SSSR count). The Morgan fingerprint density at radius 2 is 2.10 bits per heavy atom. The summed E-state index contributed by atoms with van der Waals surface area (Å²) in [6, 6.07) is 0. The third-order valence-corrected chi connectivity index (χ3v) is 1.04. The fraction of sp³-hybridized carbons (Fsp3) is 0. The second-order valence-electron chi connectivity index (χ2n) is 1.76. The summed E-state index contributed by atoms with van der Waals surface area (Å²) in [7, 11) is 0. The van der Waals surface area contributed by atoms with Crippen molar-refractivity contribution in [2.75, 3.05) is 0 Å². The van der Waals surface area contributed by atoms with E-state index in [1.165, 1.54) is 12.3 Å². The van der Waals surface area contributed by atoms with Gasteiger partial charge in [0.1, 0.15) is 5.70 Å². The van der Waals surface area contributed by atoms with E-state index in [-0.39, 0.29) is 5.70 Å². The first-order chi connectivity index (χ1) is 4.80. The van der Waals surface area contributed by atoms with Crippen molar-refractivity contribution < 1.29 is 9.90 Å². The van der Waals surface area contributed by atoms with Crippen LogP contribution in [0.5, 0.6) is 0 Å². The van der Waals surface area contributed by atoms with Crippen LogP contribution in [0.3, 0.4) is 0 Å². The molecule has 1 aliphatic rings. The van der Waals surface area contributed by atoms with Crippen molar-refractivity contribution in [3.8, 4) is 0 Å². The van der Waals surface area contributed by atoms with E-state index in [1.54, 1.807) is 18.2 Å². The van der Waals surface area contributed by atoms with Gasteiger partial charge in [-0.3, -0.25) is 0 Å². The summed E-state index contributed by atoms with van der Waals surface area (Å²) >= 11 is 0. The molecule has 1 heterocycles. The van der Waals surface area contributed by atoms with E-state index in [4.69, 9.17) is 0 Å². The third kappa shape index (κ3) is 1.48. The van der Waals surface area contributed by atoms with Crippen LogP contribution >= 0.6 is 0 Å². The first-order valence-electron chi connectivity index (χ1n) is 2.82. The second kappa shape index (κ2) is 2.87. The highest BCUT2D eigenvalue weighted by Gasteiger charge is 2.05. The Hall–Kier alpha value is -1.51. The number of carbonyl (C=O) groups is 1. The molecule has 0 aromatic rings. The molecule has 0 bridgehead atoms. The summed E-state index contributed by atoms with van der Waals surface area (Å²) in [6.45, 7) is 0. The molecule has 0 amide bonds. The van der Waals surface area contributed by atoms with Gasteiger partial charge in [0, 0.05) is 6.20 Å². The minimum absolute atomic E-state index is 0.0741. The maximum atomic E-state index is 10.2. The summed E-state index contributed by atoms with van der Waals surface area (Å²) in [5.74, 6) is -1.20. The highest BCUT2D eigenvalue weighted by atomic mass is 16.4. The number of hydrogen-bond donors (Lipinski definition) is 1. The maximum absolute atomic E-state index is 10.2. The summed E-state index contributed by atoms with van der Waals surface area (Å²) in [6.07, 6.45) is 8.03. The molecule has 0 aromatic carbocycles. The van der Waals surface area contributed by atoms with Crippen molar-refractivity contribution in [1.29, 1.82) is 0 Å². The van der Waals surface area contributed by atoms with E-state index < -0.39 is 5.97 Å². The minimum atomic E-state index is -1.20.